The van der Waals surface area contributed by atoms with E-state index in [1.54, 1.807) is 11.3 Å². The predicted molar refractivity (Wildman–Crippen MR) is 84.9 cm³/mol. The Morgan fingerprint density at radius 2 is 1.90 bits per heavy atom. The van der Waals surface area contributed by atoms with Crippen molar-refractivity contribution >= 4 is 22.9 Å². The van der Waals surface area contributed by atoms with Crippen molar-refractivity contribution in [3.8, 4) is 11.8 Å². The zero-order valence-corrected chi connectivity index (χ0v) is 12.8. The fourth-order valence-corrected chi connectivity index (χ4v) is 2.97. The lowest BCUT2D eigenvalue weighted by Crippen LogP contribution is -2.16. The highest BCUT2D eigenvalue weighted by Gasteiger charge is 2.04. The molecule has 1 aromatic carbocycles. The molecule has 0 aliphatic carbocycles. The maximum absolute atomic E-state index is 8.68. The zero-order valence-electron chi connectivity index (χ0n) is 11.3. The van der Waals surface area contributed by atoms with Gasteiger partial charge in [0.15, 0.2) is 0 Å². The largest absolute Gasteiger partial charge is 0.384 e. The monoisotopic (exact) mass is 305 g/mol. The minimum absolute atomic E-state index is 0.0935. The van der Waals surface area contributed by atoms with Crippen molar-refractivity contribution in [2.24, 2.45) is 0 Å². The maximum atomic E-state index is 8.68. The van der Waals surface area contributed by atoms with Gasteiger partial charge in [-0.25, -0.2) is 0 Å². The minimum atomic E-state index is -0.0935. The van der Waals surface area contributed by atoms with Crippen LogP contribution in [0.25, 0.3) is 0 Å². The van der Waals surface area contributed by atoms with Gasteiger partial charge in [-0.2, -0.15) is 0 Å². The quantitative estimate of drug-likeness (QED) is 0.875. The second kappa shape index (κ2) is 7.47. The Hall–Kier alpha value is -1.31. The SMILES string of the molecule is CN(Cc1ccc(Cl)cc1)Cc1ccc(C#CCO)s1. The summed E-state index contributed by atoms with van der Waals surface area (Å²) in [5, 5.41) is 9.44. The molecule has 1 aromatic heterocycles. The van der Waals surface area contributed by atoms with E-state index < -0.39 is 0 Å². The van der Waals surface area contributed by atoms with Crippen molar-refractivity contribution < 1.29 is 5.11 Å². The van der Waals surface area contributed by atoms with Crippen molar-refractivity contribution in [2.75, 3.05) is 13.7 Å². The lowest BCUT2D eigenvalue weighted by atomic mass is 10.2. The fourth-order valence-electron chi connectivity index (χ4n) is 1.88. The Morgan fingerprint density at radius 1 is 1.15 bits per heavy atom. The van der Waals surface area contributed by atoms with E-state index in [0.29, 0.717) is 0 Å². The number of rotatable bonds is 4. The van der Waals surface area contributed by atoms with E-state index in [9.17, 15) is 0 Å². The molecule has 0 saturated heterocycles. The average Bonchev–Trinajstić information content (AvgIpc) is 2.86. The van der Waals surface area contributed by atoms with E-state index in [0.717, 1.165) is 23.0 Å². The summed E-state index contributed by atoms with van der Waals surface area (Å²) < 4.78 is 0. The second-order valence-electron chi connectivity index (χ2n) is 4.52. The first-order valence-electron chi connectivity index (χ1n) is 6.29. The molecule has 1 heterocycles. The first-order valence-corrected chi connectivity index (χ1v) is 7.48. The third-order valence-corrected chi connectivity index (χ3v) is 3.98. The van der Waals surface area contributed by atoms with Gasteiger partial charge in [-0.15, -0.1) is 11.3 Å². The molecule has 2 rings (SSSR count). The second-order valence-corrected chi connectivity index (χ2v) is 6.13. The zero-order chi connectivity index (χ0) is 14.4. The number of hydrogen-bond donors (Lipinski definition) is 1. The molecule has 0 bridgehead atoms. The predicted octanol–water partition coefficient (Wildman–Crippen LogP) is 3.38. The number of halogens is 1. The number of aliphatic hydroxyl groups is 1. The molecule has 0 unspecified atom stereocenters. The first kappa shape index (κ1) is 15.1. The van der Waals surface area contributed by atoms with Crippen LogP contribution in [0.1, 0.15) is 15.3 Å². The van der Waals surface area contributed by atoms with E-state index in [2.05, 4.69) is 29.9 Å². The molecular weight excluding hydrogens is 290 g/mol. The molecule has 0 atom stereocenters. The Labute approximate surface area is 128 Å². The molecule has 20 heavy (non-hydrogen) atoms. The van der Waals surface area contributed by atoms with Crippen LogP contribution in [-0.2, 0) is 13.1 Å². The van der Waals surface area contributed by atoms with Crippen LogP contribution in [-0.4, -0.2) is 23.7 Å². The van der Waals surface area contributed by atoms with Gasteiger partial charge in [-0.3, -0.25) is 4.90 Å². The molecule has 0 saturated carbocycles. The van der Waals surface area contributed by atoms with Crippen LogP contribution in [0.3, 0.4) is 0 Å². The van der Waals surface area contributed by atoms with Gasteiger partial charge >= 0.3 is 0 Å². The van der Waals surface area contributed by atoms with E-state index in [-0.39, 0.29) is 6.61 Å². The van der Waals surface area contributed by atoms with Crippen LogP contribution in [0.4, 0.5) is 0 Å². The van der Waals surface area contributed by atoms with Crippen molar-refractivity contribution in [1.82, 2.24) is 4.90 Å². The molecule has 0 fully saturated rings. The van der Waals surface area contributed by atoms with Crippen LogP contribution < -0.4 is 0 Å². The van der Waals surface area contributed by atoms with Crippen molar-refractivity contribution in [3.05, 3.63) is 56.7 Å². The summed E-state index contributed by atoms with van der Waals surface area (Å²) in [6, 6.07) is 12.0. The topological polar surface area (TPSA) is 23.5 Å². The normalized spacial score (nSPS) is 10.4. The minimum Gasteiger partial charge on any atom is -0.384 e. The summed E-state index contributed by atoms with van der Waals surface area (Å²) in [5.41, 5.74) is 1.24. The molecule has 0 radical (unpaired) electrons. The van der Waals surface area contributed by atoms with Crippen LogP contribution in [0, 0.1) is 11.8 Å². The van der Waals surface area contributed by atoms with Crippen LogP contribution in [0.15, 0.2) is 36.4 Å². The smallest absolute Gasteiger partial charge is 0.104 e. The van der Waals surface area contributed by atoms with E-state index in [4.69, 9.17) is 16.7 Å². The summed E-state index contributed by atoms with van der Waals surface area (Å²) >= 11 is 7.55. The maximum Gasteiger partial charge on any atom is 0.104 e. The molecule has 0 aliphatic heterocycles. The third-order valence-electron chi connectivity index (χ3n) is 2.74. The molecule has 2 nitrogen and oxygen atoms in total. The van der Waals surface area contributed by atoms with Gasteiger partial charge in [0.1, 0.15) is 6.61 Å². The fraction of sp³-hybridized carbons (Fsp3) is 0.250. The van der Waals surface area contributed by atoms with E-state index >= 15 is 0 Å². The molecule has 1 N–H and O–H groups in total. The molecule has 0 amide bonds. The summed E-state index contributed by atoms with van der Waals surface area (Å²) in [6.45, 7) is 1.67. The molecule has 2 aromatic rings. The van der Waals surface area contributed by atoms with Gasteiger partial charge in [0.25, 0.3) is 0 Å². The summed E-state index contributed by atoms with van der Waals surface area (Å²) in [4.78, 5) is 4.51. The van der Waals surface area contributed by atoms with Gasteiger partial charge in [-0.05, 0) is 36.9 Å². The highest BCUT2D eigenvalue weighted by atomic mass is 35.5. The standard InChI is InChI=1S/C16H16ClNOS/c1-18(11-13-4-6-14(17)7-5-13)12-16-9-8-15(20-16)3-2-10-19/h4-9,19H,10-12H2,1H3. The van der Waals surface area contributed by atoms with Gasteiger partial charge in [0.2, 0.25) is 0 Å². The van der Waals surface area contributed by atoms with Crippen LogP contribution >= 0.6 is 22.9 Å². The Balaban J connectivity index is 1.92. The van der Waals surface area contributed by atoms with E-state index in [1.165, 1.54) is 10.4 Å². The summed E-state index contributed by atoms with van der Waals surface area (Å²) in [5.74, 6) is 5.60. The van der Waals surface area contributed by atoms with Crippen LogP contribution in [0.5, 0.6) is 0 Å². The highest BCUT2D eigenvalue weighted by molar-refractivity contribution is 7.12. The number of nitrogens with zero attached hydrogens (tertiary/aromatic N) is 1. The number of benzene rings is 1. The first-order chi connectivity index (χ1) is 9.67. The Morgan fingerprint density at radius 3 is 2.60 bits per heavy atom. The molecule has 104 valence electrons. The van der Waals surface area contributed by atoms with Crippen molar-refractivity contribution in [3.63, 3.8) is 0 Å². The molecule has 0 aliphatic rings. The lowest BCUT2D eigenvalue weighted by molar-refractivity contribution is 0.322. The number of thiophene rings is 1. The third kappa shape index (κ3) is 4.66. The summed E-state index contributed by atoms with van der Waals surface area (Å²) in [6.07, 6.45) is 0. The molecule has 4 heteroatoms. The summed E-state index contributed by atoms with van der Waals surface area (Å²) in [7, 11) is 2.09. The van der Waals surface area contributed by atoms with Gasteiger partial charge in [-0.1, -0.05) is 35.6 Å². The highest BCUT2D eigenvalue weighted by Crippen LogP contribution is 2.18. The Bertz CT molecular complexity index is 609. The number of hydrogen-bond acceptors (Lipinski definition) is 3. The molecular formula is C16H16ClNOS. The molecule has 0 spiro atoms. The van der Waals surface area contributed by atoms with Gasteiger partial charge in [0.05, 0.1) is 4.88 Å². The number of aliphatic hydroxyl groups excluding tert-OH is 1. The lowest BCUT2D eigenvalue weighted by Gasteiger charge is -2.15. The van der Waals surface area contributed by atoms with Crippen LogP contribution in [0.2, 0.25) is 5.02 Å². The average molecular weight is 306 g/mol. The van der Waals surface area contributed by atoms with Gasteiger partial charge in [0, 0.05) is 23.0 Å². The van der Waals surface area contributed by atoms with E-state index in [1.807, 2.05) is 30.3 Å². The Kier molecular flexibility index (Phi) is 5.63. The van der Waals surface area contributed by atoms with Crippen molar-refractivity contribution in [2.45, 2.75) is 13.1 Å². The van der Waals surface area contributed by atoms with Gasteiger partial charge < -0.3 is 5.11 Å². The van der Waals surface area contributed by atoms with Crippen molar-refractivity contribution in [1.29, 1.82) is 0 Å².